The quantitative estimate of drug-likeness (QED) is 0.271. The van der Waals surface area contributed by atoms with Crippen molar-refractivity contribution in [2.45, 2.75) is 0 Å². The van der Waals surface area contributed by atoms with Crippen LogP contribution in [0.3, 0.4) is 0 Å². The van der Waals surface area contributed by atoms with E-state index in [1.54, 1.807) is 12.2 Å². The molecule has 0 radical (unpaired) electrons. The molecule has 4 N–H and O–H groups in total. The van der Waals surface area contributed by atoms with Gasteiger partial charge in [0, 0.05) is 0 Å². The van der Waals surface area contributed by atoms with Crippen molar-refractivity contribution in [1.82, 2.24) is 0 Å². The summed E-state index contributed by atoms with van der Waals surface area (Å²) in [6.45, 7) is 6.72. The second-order valence-electron chi connectivity index (χ2n) is 0.471. The largest absolute Gasteiger partial charge is 0.274 e. The average molecular weight is 86.1 g/mol. The standard InChI is InChI=1S/C4H6.H4N2/c1-3-4-2;1-2/h3-4H,1-2H2;1-2H2. The van der Waals surface area contributed by atoms with Gasteiger partial charge in [-0.3, -0.25) is 11.7 Å². The van der Waals surface area contributed by atoms with E-state index >= 15 is 0 Å². The van der Waals surface area contributed by atoms with E-state index in [4.69, 9.17) is 0 Å². The predicted molar refractivity (Wildman–Crippen MR) is 28.8 cm³/mol. The van der Waals surface area contributed by atoms with Gasteiger partial charge in [-0.25, -0.2) is 0 Å². The molecule has 0 saturated carbocycles. The molecule has 0 fully saturated rings. The lowest BCUT2D eigenvalue weighted by Crippen LogP contribution is -2.02. The first-order valence-electron chi connectivity index (χ1n) is 1.48. The minimum atomic E-state index is 1.64. The van der Waals surface area contributed by atoms with Crippen LogP contribution in [-0.4, -0.2) is 0 Å². The van der Waals surface area contributed by atoms with E-state index in [1.165, 1.54) is 0 Å². The molecule has 2 heteroatoms. The van der Waals surface area contributed by atoms with Crippen molar-refractivity contribution >= 4 is 0 Å². The Hall–Kier alpha value is -0.600. The summed E-state index contributed by atoms with van der Waals surface area (Å²) in [5, 5.41) is 0. The van der Waals surface area contributed by atoms with Crippen LogP contribution in [0.2, 0.25) is 0 Å². The van der Waals surface area contributed by atoms with Crippen LogP contribution >= 0.6 is 0 Å². The molecular formula is C4H10N2. The van der Waals surface area contributed by atoms with Gasteiger partial charge in [0.15, 0.2) is 0 Å². The molecule has 36 valence electrons. The van der Waals surface area contributed by atoms with Crippen LogP contribution in [-0.2, 0) is 0 Å². The first-order chi connectivity index (χ1) is 2.91. The van der Waals surface area contributed by atoms with Gasteiger partial charge in [-0.2, -0.15) is 0 Å². The molecule has 0 bridgehead atoms. The highest BCUT2D eigenvalue weighted by Gasteiger charge is 1.29. The lowest BCUT2D eigenvalue weighted by molar-refractivity contribution is 1.26. The van der Waals surface area contributed by atoms with Gasteiger partial charge in [-0.15, -0.1) is 0 Å². The maximum Gasteiger partial charge on any atom is -0.0701 e. The fourth-order valence-electron chi connectivity index (χ4n) is 0. The minimum absolute atomic E-state index is 1.64. The Bertz CT molecular complexity index is 26.5. The second kappa shape index (κ2) is 26.0. The van der Waals surface area contributed by atoms with Crippen molar-refractivity contribution in [1.29, 1.82) is 0 Å². The topological polar surface area (TPSA) is 52.0 Å². The Balaban J connectivity index is 0. The second-order valence-corrected chi connectivity index (χ2v) is 0.471. The van der Waals surface area contributed by atoms with Crippen LogP contribution in [0, 0.1) is 0 Å². The monoisotopic (exact) mass is 86.1 g/mol. The summed E-state index contributed by atoms with van der Waals surface area (Å²) < 4.78 is 0. The lowest BCUT2D eigenvalue weighted by atomic mass is 10.6. The zero-order valence-corrected chi connectivity index (χ0v) is 3.72. The van der Waals surface area contributed by atoms with Gasteiger partial charge in [0.05, 0.1) is 0 Å². The van der Waals surface area contributed by atoms with E-state index in [1.807, 2.05) is 0 Å². The molecule has 0 aromatic heterocycles. The Kier molecular flexibility index (Phi) is 39.1. The highest BCUT2D eigenvalue weighted by atomic mass is 15.0. The third-order valence-corrected chi connectivity index (χ3v) is 0.167. The van der Waals surface area contributed by atoms with Crippen LogP contribution in [0.4, 0.5) is 0 Å². The molecule has 2 nitrogen and oxygen atoms in total. The summed E-state index contributed by atoms with van der Waals surface area (Å²) in [5.41, 5.74) is 0. The first kappa shape index (κ1) is 9.04. The minimum Gasteiger partial charge on any atom is -0.274 e. The van der Waals surface area contributed by atoms with Crippen molar-refractivity contribution in [2.24, 2.45) is 11.7 Å². The zero-order chi connectivity index (χ0) is 5.41. The van der Waals surface area contributed by atoms with E-state index in [0.29, 0.717) is 0 Å². The molecule has 0 heterocycles. The van der Waals surface area contributed by atoms with Crippen molar-refractivity contribution < 1.29 is 0 Å². The number of hydrogen-bond donors (Lipinski definition) is 2. The van der Waals surface area contributed by atoms with Crippen LogP contribution in [0.25, 0.3) is 0 Å². The Morgan fingerprint density at radius 2 is 1.17 bits per heavy atom. The van der Waals surface area contributed by atoms with Gasteiger partial charge in [0.25, 0.3) is 0 Å². The zero-order valence-electron chi connectivity index (χ0n) is 3.72. The van der Waals surface area contributed by atoms with Crippen LogP contribution in [0.15, 0.2) is 25.3 Å². The van der Waals surface area contributed by atoms with Crippen LogP contribution in [0.1, 0.15) is 0 Å². The van der Waals surface area contributed by atoms with Gasteiger partial charge in [0.1, 0.15) is 0 Å². The number of hydrogen-bond acceptors (Lipinski definition) is 2. The van der Waals surface area contributed by atoms with E-state index in [0.717, 1.165) is 0 Å². The maximum absolute atomic E-state index is 4.00. The van der Waals surface area contributed by atoms with E-state index < -0.39 is 0 Å². The lowest BCUT2D eigenvalue weighted by Gasteiger charge is -1.44. The van der Waals surface area contributed by atoms with Gasteiger partial charge >= 0.3 is 0 Å². The summed E-state index contributed by atoms with van der Waals surface area (Å²) in [6.07, 6.45) is 3.28. The molecule has 0 aromatic rings. The fraction of sp³-hybridized carbons (Fsp3) is 0. The van der Waals surface area contributed by atoms with Crippen LogP contribution < -0.4 is 11.7 Å². The summed E-state index contributed by atoms with van der Waals surface area (Å²) in [6, 6.07) is 0. The van der Waals surface area contributed by atoms with Crippen molar-refractivity contribution in [3.05, 3.63) is 25.3 Å². The molecule has 0 aromatic carbocycles. The third-order valence-electron chi connectivity index (χ3n) is 0.167. The van der Waals surface area contributed by atoms with Gasteiger partial charge in [-0.1, -0.05) is 25.3 Å². The molecule has 0 aliphatic carbocycles. The van der Waals surface area contributed by atoms with Gasteiger partial charge in [-0.05, 0) is 0 Å². The number of hydrazine groups is 1. The molecule has 0 aliphatic heterocycles. The van der Waals surface area contributed by atoms with E-state index in [-0.39, 0.29) is 0 Å². The first-order valence-corrected chi connectivity index (χ1v) is 1.48. The smallest absolute Gasteiger partial charge is 0.0701 e. The Morgan fingerprint density at radius 1 is 1.00 bits per heavy atom. The predicted octanol–water partition coefficient (Wildman–Crippen LogP) is 0.177. The summed E-state index contributed by atoms with van der Waals surface area (Å²) in [4.78, 5) is 0. The molecule has 0 amide bonds. The molecular weight excluding hydrogens is 76.1 g/mol. The Morgan fingerprint density at radius 3 is 1.17 bits per heavy atom. The third kappa shape index (κ3) is 122. The molecule has 0 aliphatic rings. The highest BCUT2D eigenvalue weighted by molar-refractivity contribution is 4.88. The van der Waals surface area contributed by atoms with Crippen molar-refractivity contribution in [3.63, 3.8) is 0 Å². The molecule has 0 saturated heterocycles. The summed E-state index contributed by atoms with van der Waals surface area (Å²) in [7, 11) is 0. The van der Waals surface area contributed by atoms with Crippen LogP contribution in [0.5, 0.6) is 0 Å². The number of nitrogens with two attached hydrogens (primary N) is 2. The van der Waals surface area contributed by atoms with Gasteiger partial charge in [0.2, 0.25) is 0 Å². The van der Waals surface area contributed by atoms with Crippen molar-refractivity contribution in [2.75, 3.05) is 0 Å². The maximum atomic E-state index is 4.00. The highest BCUT2D eigenvalue weighted by Crippen LogP contribution is 1.52. The molecule has 6 heavy (non-hydrogen) atoms. The normalized spacial score (nSPS) is 4.33. The average Bonchev–Trinajstić information content (AvgIpc) is 1.72. The van der Waals surface area contributed by atoms with E-state index in [9.17, 15) is 0 Å². The fourth-order valence-corrected chi connectivity index (χ4v) is 0. The molecule has 0 unspecified atom stereocenters. The summed E-state index contributed by atoms with van der Waals surface area (Å²) >= 11 is 0. The Labute approximate surface area is 38.1 Å². The molecule has 0 spiro atoms. The number of allylic oxidation sites excluding steroid dienone is 2. The number of rotatable bonds is 1. The molecule has 0 atom stereocenters. The summed E-state index contributed by atoms with van der Waals surface area (Å²) in [5.74, 6) is 8.00. The SMILES string of the molecule is C=CC=C.NN. The van der Waals surface area contributed by atoms with Gasteiger partial charge < -0.3 is 0 Å². The molecule has 0 rings (SSSR count). The van der Waals surface area contributed by atoms with E-state index in [2.05, 4.69) is 24.8 Å². The van der Waals surface area contributed by atoms with Crippen molar-refractivity contribution in [3.8, 4) is 0 Å².